The average Bonchev–Trinajstić information content (AvgIpc) is 2.30. The van der Waals surface area contributed by atoms with Crippen LogP contribution in [0.5, 0.6) is 0 Å². The fourth-order valence-electron chi connectivity index (χ4n) is 2.53. The van der Waals surface area contributed by atoms with Gasteiger partial charge in [-0.2, -0.15) is 0 Å². The summed E-state index contributed by atoms with van der Waals surface area (Å²) in [6.07, 6.45) is 4.38. The van der Waals surface area contributed by atoms with E-state index in [0.29, 0.717) is 17.9 Å². The van der Waals surface area contributed by atoms with Crippen LogP contribution in [0.15, 0.2) is 24.3 Å². The quantitative estimate of drug-likeness (QED) is 0.792. The number of hydrogen-bond donors (Lipinski definition) is 0. The van der Waals surface area contributed by atoms with E-state index >= 15 is 0 Å². The van der Waals surface area contributed by atoms with E-state index in [9.17, 15) is 9.90 Å². The Morgan fingerprint density at radius 3 is 2.19 bits per heavy atom. The van der Waals surface area contributed by atoms with Gasteiger partial charge in [0.05, 0.1) is 5.97 Å². The maximum Gasteiger partial charge on any atom is 0.0520 e. The van der Waals surface area contributed by atoms with E-state index in [0.717, 1.165) is 24.8 Å². The smallest absolute Gasteiger partial charge is 0.0520 e. The summed E-state index contributed by atoms with van der Waals surface area (Å²) in [6, 6.07) is 7.11. The van der Waals surface area contributed by atoms with Crippen molar-refractivity contribution in [2.24, 2.45) is 0 Å². The first-order chi connectivity index (χ1) is 7.65. The molecule has 3 heteroatoms. The minimum absolute atomic E-state index is 0.632. The molecule has 0 heterocycles. The molecule has 0 aliphatic heterocycles. The van der Waals surface area contributed by atoms with Crippen molar-refractivity contribution in [3.8, 4) is 0 Å². The van der Waals surface area contributed by atoms with Crippen LogP contribution >= 0.6 is 11.6 Å². The molecular weight excluding hydrogens is 224 g/mol. The number of rotatable bonds is 2. The van der Waals surface area contributed by atoms with Crippen LogP contribution in [-0.2, 0) is 10.2 Å². The number of halogens is 1. The highest BCUT2D eigenvalue weighted by molar-refractivity contribution is 6.30. The lowest BCUT2D eigenvalue weighted by atomic mass is 9.69. The molecule has 1 aliphatic rings. The number of carboxylic acid groups (broad SMARTS) is 1. The Bertz CT molecular complexity index is 377. The van der Waals surface area contributed by atoms with Gasteiger partial charge in [-0.15, -0.1) is 0 Å². The highest BCUT2D eigenvalue weighted by atomic mass is 35.5. The predicted molar refractivity (Wildman–Crippen MR) is 61.2 cm³/mol. The van der Waals surface area contributed by atoms with E-state index in [1.54, 1.807) is 12.1 Å². The number of hydrogen-bond acceptors (Lipinski definition) is 2. The van der Waals surface area contributed by atoms with E-state index in [2.05, 4.69) is 0 Å². The Morgan fingerprint density at radius 2 is 1.69 bits per heavy atom. The summed E-state index contributed by atoms with van der Waals surface area (Å²) in [5.41, 5.74) is 0.0413. The van der Waals surface area contributed by atoms with Gasteiger partial charge in [-0.05, 0) is 30.5 Å². The highest BCUT2D eigenvalue weighted by Gasteiger charge is 2.35. The topological polar surface area (TPSA) is 40.1 Å². The monoisotopic (exact) mass is 237 g/mol. The third-order valence-electron chi connectivity index (χ3n) is 3.49. The molecular formula is C13H14ClO2-. The van der Waals surface area contributed by atoms with Gasteiger partial charge in [-0.1, -0.05) is 43.0 Å². The van der Waals surface area contributed by atoms with Gasteiger partial charge in [0.1, 0.15) is 0 Å². The molecule has 0 radical (unpaired) electrons. The number of benzene rings is 1. The second-order valence-corrected chi connectivity index (χ2v) is 4.87. The van der Waals surface area contributed by atoms with Crippen LogP contribution in [0.3, 0.4) is 0 Å². The standard InChI is InChI=1S/C13H15ClO2/c14-11-6-4-10(5-7-11)13(12(15)16)8-2-1-3-9-13/h4-7H,1-3,8-9H2,(H,15,16)/p-1. The summed E-state index contributed by atoms with van der Waals surface area (Å²) >= 11 is 5.81. The summed E-state index contributed by atoms with van der Waals surface area (Å²) in [7, 11) is 0. The SMILES string of the molecule is O=C([O-])C1(c2ccc(Cl)cc2)CCCCC1. The Morgan fingerprint density at radius 1 is 1.12 bits per heavy atom. The van der Waals surface area contributed by atoms with Crippen LogP contribution < -0.4 is 5.11 Å². The van der Waals surface area contributed by atoms with E-state index < -0.39 is 11.4 Å². The summed E-state index contributed by atoms with van der Waals surface area (Å²) in [4.78, 5) is 11.4. The third kappa shape index (κ3) is 1.94. The Kier molecular flexibility index (Phi) is 3.20. The molecule has 16 heavy (non-hydrogen) atoms. The molecule has 0 bridgehead atoms. The number of carbonyl (C=O) groups is 1. The van der Waals surface area contributed by atoms with Crippen molar-refractivity contribution < 1.29 is 9.90 Å². The van der Waals surface area contributed by atoms with Gasteiger partial charge in [0.25, 0.3) is 0 Å². The van der Waals surface area contributed by atoms with Gasteiger partial charge in [-0.25, -0.2) is 0 Å². The largest absolute Gasteiger partial charge is 0.549 e. The summed E-state index contributed by atoms with van der Waals surface area (Å²) in [5, 5.41) is 12.1. The molecule has 1 fully saturated rings. The Balaban J connectivity index is 2.38. The predicted octanol–water partition coefficient (Wildman–Crippen LogP) is 2.29. The Labute approximate surface area is 100 Å². The van der Waals surface area contributed by atoms with Crippen molar-refractivity contribution in [1.82, 2.24) is 0 Å². The highest BCUT2D eigenvalue weighted by Crippen LogP contribution is 2.39. The second-order valence-electron chi connectivity index (χ2n) is 4.44. The van der Waals surface area contributed by atoms with Crippen LogP contribution in [-0.4, -0.2) is 5.97 Å². The molecule has 1 saturated carbocycles. The lowest BCUT2D eigenvalue weighted by Gasteiger charge is -2.38. The molecule has 0 amide bonds. The first kappa shape index (κ1) is 11.5. The van der Waals surface area contributed by atoms with Crippen molar-refractivity contribution in [3.05, 3.63) is 34.9 Å². The summed E-state index contributed by atoms with van der Waals surface area (Å²) in [5.74, 6) is -0.950. The van der Waals surface area contributed by atoms with Crippen LogP contribution in [0.4, 0.5) is 0 Å². The minimum Gasteiger partial charge on any atom is -0.549 e. The first-order valence-electron chi connectivity index (χ1n) is 5.63. The molecule has 0 atom stereocenters. The molecule has 2 rings (SSSR count). The van der Waals surface area contributed by atoms with Gasteiger partial charge >= 0.3 is 0 Å². The van der Waals surface area contributed by atoms with Gasteiger partial charge < -0.3 is 9.90 Å². The van der Waals surface area contributed by atoms with Gasteiger partial charge in [0.15, 0.2) is 0 Å². The van der Waals surface area contributed by atoms with Crippen molar-refractivity contribution in [2.75, 3.05) is 0 Å². The maximum atomic E-state index is 11.4. The molecule has 1 aliphatic carbocycles. The van der Waals surface area contributed by atoms with Crippen LogP contribution in [0, 0.1) is 0 Å². The molecule has 0 spiro atoms. The number of carboxylic acids is 1. The van der Waals surface area contributed by atoms with E-state index in [1.807, 2.05) is 12.1 Å². The zero-order valence-corrected chi connectivity index (χ0v) is 9.80. The molecule has 1 aromatic carbocycles. The maximum absolute atomic E-state index is 11.4. The number of carbonyl (C=O) groups excluding carboxylic acids is 1. The van der Waals surface area contributed by atoms with E-state index in [-0.39, 0.29) is 0 Å². The fraction of sp³-hybridized carbons (Fsp3) is 0.462. The van der Waals surface area contributed by atoms with Crippen molar-refractivity contribution in [2.45, 2.75) is 37.5 Å². The fourth-order valence-corrected chi connectivity index (χ4v) is 2.66. The molecule has 2 nitrogen and oxygen atoms in total. The van der Waals surface area contributed by atoms with Gasteiger partial charge in [0, 0.05) is 10.4 Å². The molecule has 0 N–H and O–H groups in total. The van der Waals surface area contributed by atoms with Gasteiger partial charge in [-0.3, -0.25) is 0 Å². The first-order valence-corrected chi connectivity index (χ1v) is 6.00. The lowest BCUT2D eigenvalue weighted by molar-refractivity contribution is -0.315. The minimum atomic E-state index is -0.950. The lowest BCUT2D eigenvalue weighted by Crippen LogP contribution is -2.47. The van der Waals surface area contributed by atoms with Crippen LogP contribution in [0.25, 0.3) is 0 Å². The summed E-state index contributed by atoms with van der Waals surface area (Å²) in [6.45, 7) is 0. The zero-order chi connectivity index (χ0) is 11.6. The van der Waals surface area contributed by atoms with Crippen LogP contribution in [0.2, 0.25) is 5.02 Å². The summed E-state index contributed by atoms with van der Waals surface area (Å²) < 4.78 is 0. The van der Waals surface area contributed by atoms with E-state index in [4.69, 9.17) is 11.6 Å². The normalized spacial score (nSPS) is 19.3. The molecule has 0 aromatic heterocycles. The van der Waals surface area contributed by atoms with Crippen LogP contribution in [0.1, 0.15) is 37.7 Å². The van der Waals surface area contributed by atoms with Crippen molar-refractivity contribution in [1.29, 1.82) is 0 Å². The van der Waals surface area contributed by atoms with Crippen molar-refractivity contribution >= 4 is 17.6 Å². The van der Waals surface area contributed by atoms with Crippen molar-refractivity contribution in [3.63, 3.8) is 0 Å². The molecule has 0 unspecified atom stereocenters. The Hall–Kier alpha value is -1.02. The molecule has 86 valence electrons. The zero-order valence-electron chi connectivity index (χ0n) is 9.04. The molecule has 1 aromatic rings. The van der Waals surface area contributed by atoms with E-state index in [1.165, 1.54) is 0 Å². The second kappa shape index (κ2) is 4.46. The van der Waals surface area contributed by atoms with Gasteiger partial charge in [0.2, 0.25) is 0 Å². The number of aliphatic carboxylic acids is 1. The average molecular weight is 238 g/mol. The molecule has 0 saturated heterocycles. The third-order valence-corrected chi connectivity index (χ3v) is 3.75.